The van der Waals surface area contributed by atoms with Gasteiger partial charge in [0.05, 0.1) is 18.9 Å². The molecule has 0 aliphatic heterocycles. The van der Waals surface area contributed by atoms with Crippen molar-refractivity contribution < 1.29 is 23.8 Å². The molecule has 7 heteroatoms. The number of allylic oxidation sites excluding steroid dienone is 2. The third-order valence-corrected chi connectivity index (χ3v) is 9.84. The van der Waals surface area contributed by atoms with Gasteiger partial charge in [-0.2, -0.15) is 0 Å². The average Bonchev–Trinajstić information content (AvgIpc) is 3.33. The Kier molecular flexibility index (Phi) is 9.52. The van der Waals surface area contributed by atoms with E-state index in [9.17, 15) is 9.59 Å². The first-order valence-electron chi connectivity index (χ1n) is 14.1. The summed E-state index contributed by atoms with van der Waals surface area (Å²) < 4.78 is 16.2. The Morgan fingerprint density at radius 2 is 1.76 bits per heavy atom. The Morgan fingerprint density at radius 1 is 1.05 bits per heavy atom. The van der Waals surface area contributed by atoms with E-state index in [1.54, 1.807) is 7.11 Å². The maximum atomic E-state index is 14.2. The van der Waals surface area contributed by atoms with Crippen molar-refractivity contribution in [3.8, 4) is 0 Å². The lowest BCUT2D eigenvalue weighted by atomic mass is 9.78. The molecule has 0 radical (unpaired) electrons. The lowest BCUT2D eigenvalue weighted by molar-refractivity contribution is -0.124. The summed E-state index contributed by atoms with van der Waals surface area (Å²) in [4.78, 5) is 30.9. The van der Waals surface area contributed by atoms with Crippen molar-refractivity contribution in [3.63, 3.8) is 0 Å². The van der Waals surface area contributed by atoms with Gasteiger partial charge in [0.2, 0.25) is 5.91 Å². The second kappa shape index (κ2) is 12.4. The van der Waals surface area contributed by atoms with Crippen LogP contribution < -0.4 is 4.90 Å². The van der Waals surface area contributed by atoms with Crippen LogP contribution in [0.2, 0.25) is 0 Å². The number of methoxy groups -OCH3 is 2. The number of amides is 1. The number of anilines is 1. The van der Waals surface area contributed by atoms with Crippen molar-refractivity contribution in [1.82, 2.24) is 0 Å². The largest absolute Gasteiger partial charge is 0.465 e. The molecule has 0 atom stereocenters. The van der Waals surface area contributed by atoms with E-state index < -0.39 is 0 Å². The van der Waals surface area contributed by atoms with Gasteiger partial charge in [0.1, 0.15) is 11.7 Å². The van der Waals surface area contributed by atoms with Crippen LogP contribution >= 0.6 is 11.3 Å². The van der Waals surface area contributed by atoms with Crippen LogP contribution in [-0.2, 0) is 19.0 Å². The van der Waals surface area contributed by atoms with Gasteiger partial charge in [-0.3, -0.25) is 4.79 Å². The minimum absolute atomic E-state index is 0.0159. The zero-order valence-electron chi connectivity index (χ0n) is 23.3. The number of carbonyl (C=O) groups is 2. The van der Waals surface area contributed by atoms with Gasteiger partial charge in [0, 0.05) is 23.9 Å². The molecule has 206 valence electrons. The highest BCUT2D eigenvalue weighted by molar-refractivity contribution is 7.15. The van der Waals surface area contributed by atoms with E-state index in [-0.39, 0.29) is 29.9 Å². The van der Waals surface area contributed by atoms with Gasteiger partial charge in [0.25, 0.3) is 0 Å². The number of esters is 1. The molecule has 2 saturated carbocycles. The normalized spacial score (nSPS) is 27.9. The minimum Gasteiger partial charge on any atom is -0.465 e. The second-order valence-corrected chi connectivity index (χ2v) is 13.1. The summed E-state index contributed by atoms with van der Waals surface area (Å²) in [6.45, 7) is 7.18. The molecule has 1 aromatic rings. The van der Waals surface area contributed by atoms with Gasteiger partial charge in [-0.05, 0) is 93.6 Å². The summed E-state index contributed by atoms with van der Waals surface area (Å²) in [5.74, 6) is 0.519. The molecule has 4 rings (SSSR count). The SMILES string of the molecule is COCO[C@H]1CC[C@H](N(c2cc(C3=CCC(C)(C)CC3)sc2C(=O)OC)C(=O)[C@H]2CC[C@H](C)CC2)CC1. The highest BCUT2D eigenvalue weighted by atomic mass is 32.1. The van der Waals surface area contributed by atoms with Crippen LogP contribution in [0.4, 0.5) is 5.69 Å². The average molecular weight is 532 g/mol. The summed E-state index contributed by atoms with van der Waals surface area (Å²) in [6.07, 6.45) is 13.1. The van der Waals surface area contributed by atoms with Crippen molar-refractivity contribution in [2.75, 3.05) is 25.9 Å². The molecule has 1 amide bonds. The second-order valence-electron chi connectivity index (χ2n) is 12.1. The van der Waals surface area contributed by atoms with Crippen molar-refractivity contribution in [2.24, 2.45) is 17.3 Å². The molecular weight excluding hydrogens is 486 g/mol. The summed E-state index contributed by atoms with van der Waals surface area (Å²) >= 11 is 1.49. The van der Waals surface area contributed by atoms with Crippen LogP contribution in [0.5, 0.6) is 0 Å². The fraction of sp³-hybridized carbons (Fsp3) is 0.733. The molecule has 0 N–H and O–H groups in total. The highest BCUT2D eigenvalue weighted by Gasteiger charge is 2.38. The summed E-state index contributed by atoms with van der Waals surface area (Å²) in [6, 6.07) is 2.16. The molecule has 1 heterocycles. The van der Waals surface area contributed by atoms with Crippen LogP contribution in [0.25, 0.3) is 5.57 Å². The van der Waals surface area contributed by atoms with Crippen LogP contribution in [0.1, 0.15) is 106 Å². The van der Waals surface area contributed by atoms with E-state index in [1.807, 2.05) is 4.90 Å². The Hall–Kier alpha value is -1.70. The number of rotatable bonds is 8. The fourth-order valence-electron chi connectivity index (χ4n) is 6.09. The molecule has 0 spiro atoms. The molecule has 2 fully saturated rings. The maximum absolute atomic E-state index is 14.2. The molecule has 0 bridgehead atoms. The van der Waals surface area contributed by atoms with E-state index >= 15 is 0 Å². The number of ether oxygens (including phenoxy) is 3. The van der Waals surface area contributed by atoms with Crippen molar-refractivity contribution in [3.05, 3.63) is 21.9 Å². The predicted octanol–water partition coefficient (Wildman–Crippen LogP) is 7.22. The van der Waals surface area contributed by atoms with Crippen LogP contribution in [0.3, 0.4) is 0 Å². The first kappa shape index (κ1) is 28.3. The Labute approximate surface area is 226 Å². The van der Waals surface area contributed by atoms with E-state index in [1.165, 1.54) is 24.0 Å². The molecular formula is C30H45NO5S. The third kappa shape index (κ3) is 6.85. The van der Waals surface area contributed by atoms with Gasteiger partial charge in [-0.1, -0.05) is 26.8 Å². The van der Waals surface area contributed by atoms with E-state index in [0.717, 1.165) is 81.2 Å². The Bertz CT molecular complexity index is 967. The number of hydrogen-bond acceptors (Lipinski definition) is 6. The van der Waals surface area contributed by atoms with Crippen molar-refractivity contribution in [1.29, 1.82) is 0 Å². The summed E-state index contributed by atoms with van der Waals surface area (Å²) in [5.41, 5.74) is 2.34. The van der Waals surface area contributed by atoms with Gasteiger partial charge in [-0.15, -0.1) is 11.3 Å². The van der Waals surface area contributed by atoms with Gasteiger partial charge < -0.3 is 19.1 Å². The highest BCUT2D eigenvalue weighted by Crippen LogP contribution is 2.44. The molecule has 0 aromatic carbocycles. The third-order valence-electron chi connectivity index (χ3n) is 8.66. The molecule has 0 unspecified atom stereocenters. The predicted molar refractivity (Wildman–Crippen MR) is 149 cm³/mol. The van der Waals surface area contributed by atoms with Gasteiger partial charge in [0.15, 0.2) is 0 Å². The first-order valence-corrected chi connectivity index (χ1v) is 14.9. The first-order chi connectivity index (χ1) is 17.7. The maximum Gasteiger partial charge on any atom is 0.350 e. The minimum atomic E-state index is -0.352. The van der Waals surface area contributed by atoms with E-state index in [2.05, 4.69) is 32.9 Å². The van der Waals surface area contributed by atoms with Crippen LogP contribution in [0, 0.1) is 17.3 Å². The Balaban J connectivity index is 1.67. The molecule has 6 nitrogen and oxygen atoms in total. The monoisotopic (exact) mass is 531 g/mol. The molecule has 0 saturated heterocycles. The standard InChI is InChI=1S/C30H45NO5S/c1-20-6-8-22(9-7-20)28(32)31(23-10-12-24(13-11-23)36-19-34-4)25-18-26(37-27(25)29(33)35-5)21-14-16-30(2,3)17-15-21/h14,18,20,22-24H,6-13,15-17,19H2,1-5H3/t20-,22-,23-,24-. The van der Waals surface area contributed by atoms with E-state index in [4.69, 9.17) is 14.2 Å². The van der Waals surface area contributed by atoms with Crippen LogP contribution in [-0.4, -0.2) is 45.0 Å². The van der Waals surface area contributed by atoms with Crippen molar-refractivity contribution in [2.45, 2.75) is 104 Å². The molecule has 37 heavy (non-hydrogen) atoms. The molecule has 3 aliphatic carbocycles. The van der Waals surface area contributed by atoms with E-state index in [0.29, 0.717) is 23.0 Å². The molecule has 3 aliphatic rings. The summed E-state index contributed by atoms with van der Waals surface area (Å²) in [5, 5.41) is 0. The summed E-state index contributed by atoms with van der Waals surface area (Å²) in [7, 11) is 3.07. The van der Waals surface area contributed by atoms with Crippen LogP contribution in [0.15, 0.2) is 12.1 Å². The number of hydrogen-bond donors (Lipinski definition) is 0. The lowest BCUT2D eigenvalue weighted by Gasteiger charge is -2.39. The van der Waals surface area contributed by atoms with Gasteiger partial charge >= 0.3 is 5.97 Å². The number of carbonyl (C=O) groups excluding carboxylic acids is 2. The smallest absolute Gasteiger partial charge is 0.350 e. The number of thiophene rings is 1. The fourth-order valence-corrected chi connectivity index (χ4v) is 7.23. The zero-order chi connectivity index (χ0) is 26.6. The van der Waals surface area contributed by atoms with Gasteiger partial charge in [-0.25, -0.2) is 4.79 Å². The number of nitrogens with zero attached hydrogens (tertiary/aromatic N) is 1. The quantitative estimate of drug-likeness (QED) is 0.262. The molecule has 1 aromatic heterocycles. The lowest BCUT2D eigenvalue weighted by Crippen LogP contribution is -2.47. The Morgan fingerprint density at radius 3 is 2.35 bits per heavy atom. The topological polar surface area (TPSA) is 65.1 Å². The zero-order valence-corrected chi connectivity index (χ0v) is 24.2. The van der Waals surface area contributed by atoms with Crippen molar-refractivity contribution >= 4 is 34.5 Å².